The van der Waals surface area contributed by atoms with E-state index in [1.165, 1.54) is 44.1 Å². The lowest BCUT2D eigenvalue weighted by Gasteiger charge is -2.60. The molecule has 1 atom stereocenters. The molecule has 4 bridgehead atoms. The lowest BCUT2D eigenvalue weighted by atomic mass is 9.52. The van der Waals surface area contributed by atoms with Gasteiger partial charge in [-0.25, -0.2) is 0 Å². The van der Waals surface area contributed by atoms with Crippen LogP contribution >= 0.6 is 0 Å². The number of amides is 2. The lowest BCUT2D eigenvalue weighted by Crippen LogP contribution is -2.61. The molecule has 1 N–H and O–H groups in total. The van der Waals surface area contributed by atoms with Gasteiger partial charge in [-0.2, -0.15) is 0 Å². The van der Waals surface area contributed by atoms with Gasteiger partial charge in [-0.05, 0) is 87.7 Å². The van der Waals surface area contributed by atoms with Gasteiger partial charge in [-0.1, -0.05) is 18.2 Å². The van der Waals surface area contributed by atoms with Gasteiger partial charge in [-0.3, -0.25) is 9.59 Å². The highest BCUT2D eigenvalue weighted by atomic mass is 16.2. The van der Waals surface area contributed by atoms with Crippen molar-refractivity contribution in [2.75, 3.05) is 11.9 Å². The number of hydrogen-bond acceptors (Lipinski definition) is 2. The standard InChI is InChI=1S/C24H32N2O2/c1-2-26(24-13-16-9-17(14-24)11-18(10-16)15-24)22(27)8-7-20-12-19-5-3-4-6-21(19)25-23(20)28/h3-6,16-18,20H,2,7-15H2,1H3,(H,25,28)/t16?,17?,18?,20-,24?/m0/s1. The number of nitrogens with one attached hydrogen (secondary N) is 1. The van der Waals surface area contributed by atoms with E-state index in [4.69, 9.17) is 0 Å². The number of para-hydroxylation sites is 1. The van der Waals surface area contributed by atoms with E-state index < -0.39 is 0 Å². The van der Waals surface area contributed by atoms with Crippen molar-refractivity contribution in [2.24, 2.45) is 23.7 Å². The van der Waals surface area contributed by atoms with E-state index in [0.29, 0.717) is 12.8 Å². The van der Waals surface area contributed by atoms with Gasteiger partial charge in [0.05, 0.1) is 0 Å². The highest BCUT2D eigenvalue weighted by Gasteiger charge is 2.54. The minimum atomic E-state index is -0.0890. The van der Waals surface area contributed by atoms with Crippen LogP contribution in [0.1, 0.15) is 63.9 Å². The molecule has 0 spiro atoms. The number of nitrogens with zero attached hydrogens (tertiary/aromatic N) is 1. The number of benzene rings is 1. The summed E-state index contributed by atoms with van der Waals surface area (Å²) in [6.07, 6.45) is 9.74. The number of fused-ring (bicyclic) bond motifs is 1. The van der Waals surface area contributed by atoms with Gasteiger partial charge >= 0.3 is 0 Å². The minimum absolute atomic E-state index is 0.0735. The van der Waals surface area contributed by atoms with Crippen molar-refractivity contribution in [1.29, 1.82) is 0 Å². The number of rotatable bonds is 5. The van der Waals surface area contributed by atoms with E-state index in [9.17, 15) is 9.59 Å². The zero-order valence-electron chi connectivity index (χ0n) is 17.0. The molecule has 4 nitrogen and oxygen atoms in total. The number of hydrogen-bond donors (Lipinski definition) is 1. The molecule has 2 amide bonds. The summed E-state index contributed by atoms with van der Waals surface area (Å²) in [4.78, 5) is 28.0. The molecular weight excluding hydrogens is 348 g/mol. The largest absolute Gasteiger partial charge is 0.337 e. The van der Waals surface area contributed by atoms with E-state index >= 15 is 0 Å². The summed E-state index contributed by atoms with van der Waals surface area (Å²) >= 11 is 0. The average Bonchev–Trinajstić information content (AvgIpc) is 2.65. The third-order valence-corrected chi connectivity index (χ3v) is 8.01. The van der Waals surface area contributed by atoms with Crippen molar-refractivity contribution in [3.63, 3.8) is 0 Å². The Morgan fingerprint density at radius 3 is 2.39 bits per heavy atom. The second kappa shape index (κ2) is 6.89. The van der Waals surface area contributed by atoms with E-state index in [0.717, 1.165) is 36.4 Å². The molecule has 0 saturated heterocycles. The van der Waals surface area contributed by atoms with Gasteiger partial charge in [0.2, 0.25) is 11.8 Å². The van der Waals surface area contributed by atoms with Crippen LogP contribution in [-0.4, -0.2) is 28.8 Å². The zero-order chi connectivity index (χ0) is 19.3. The first-order valence-electron chi connectivity index (χ1n) is 11.3. The van der Waals surface area contributed by atoms with Gasteiger partial charge in [0.25, 0.3) is 0 Å². The van der Waals surface area contributed by atoms with Crippen LogP contribution in [0.25, 0.3) is 0 Å². The molecule has 4 fully saturated rings. The van der Waals surface area contributed by atoms with E-state index in [1.54, 1.807) is 0 Å². The highest BCUT2D eigenvalue weighted by Crippen LogP contribution is 2.57. The summed E-state index contributed by atoms with van der Waals surface area (Å²) < 4.78 is 0. The number of anilines is 1. The van der Waals surface area contributed by atoms with Crippen LogP contribution in [0.3, 0.4) is 0 Å². The molecule has 5 aliphatic rings. The van der Waals surface area contributed by atoms with Crippen molar-refractivity contribution >= 4 is 17.5 Å². The van der Waals surface area contributed by atoms with Crippen LogP contribution in [-0.2, 0) is 16.0 Å². The zero-order valence-corrected chi connectivity index (χ0v) is 17.0. The monoisotopic (exact) mass is 380 g/mol. The van der Waals surface area contributed by atoms with E-state index in [-0.39, 0.29) is 23.3 Å². The van der Waals surface area contributed by atoms with Crippen LogP contribution < -0.4 is 5.32 Å². The van der Waals surface area contributed by atoms with Gasteiger partial charge in [0.15, 0.2) is 0 Å². The smallest absolute Gasteiger partial charge is 0.227 e. The Hall–Kier alpha value is -1.84. The number of carbonyl (C=O) groups is 2. The fraction of sp³-hybridized carbons (Fsp3) is 0.667. The molecule has 4 heteroatoms. The lowest BCUT2D eigenvalue weighted by molar-refractivity contribution is -0.150. The fourth-order valence-electron chi connectivity index (χ4n) is 7.25. The third kappa shape index (κ3) is 3.05. The number of carbonyl (C=O) groups excluding carboxylic acids is 2. The second-order valence-electron chi connectivity index (χ2n) is 9.87. The summed E-state index contributed by atoms with van der Waals surface area (Å²) in [5.74, 6) is 2.78. The molecule has 4 saturated carbocycles. The first-order valence-corrected chi connectivity index (χ1v) is 11.3. The van der Waals surface area contributed by atoms with Gasteiger partial charge < -0.3 is 10.2 Å². The maximum absolute atomic E-state index is 13.3. The Morgan fingerprint density at radius 1 is 1.11 bits per heavy atom. The van der Waals surface area contributed by atoms with Crippen LogP contribution in [0.15, 0.2) is 24.3 Å². The second-order valence-corrected chi connectivity index (χ2v) is 9.87. The van der Waals surface area contributed by atoms with Crippen molar-refractivity contribution in [3.05, 3.63) is 29.8 Å². The first kappa shape index (κ1) is 18.2. The fourth-order valence-corrected chi connectivity index (χ4v) is 7.25. The first-order chi connectivity index (χ1) is 13.6. The van der Waals surface area contributed by atoms with Crippen LogP contribution in [0.4, 0.5) is 5.69 Å². The molecule has 0 aromatic heterocycles. The summed E-state index contributed by atoms with van der Waals surface area (Å²) in [6.45, 7) is 2.95. The molecule has 150 valence electrons. The van der Waals surface area contributed by atoms with Gasteiger partial charge in [0.1, 0.15) is 0 Å². The average molecular weight is 381 g/mol. The van der Waals surface area contributed by atoms with Crippen molar-refractivity contribution < 1.29 is 9.59 Å². The Balaban J connectivity index is 1.26. The Labute approximate surface area is 168 Å². The SMILES string of the molecule is CCN(C(=O)CC[C@H]1Cc2ccccc2NC1=O)C12CC3CC(CC(C3)C1)C2. The summed E-state index contributed by atoms with van der Waals surface area (Å²) in [5, 5.41) is 3.02. The third-order valence-electron chi connectivity index (χ3n) is 8.01. The predicted molar refractivity (Wildman–Crippen MR) is 110 cm³/mol. The topological polar surface area (TPSA) is 49.4 Å². The Kier molecular flexibility index (Phi) is 4.48. The van der Waals surface area contributed by atoms with Crippen molar-refractivity contribution in [1.82, 2.24) is 4.90 Å². The van der Waals surface area contributed by atoms with Gasteiger partial charge in [0, 0.05) is 30.1 Å². The minimum Gasteiger partial charge on any atom is -0.337 e. The molecule has 0 radical (unpaired) electrons. The molecule has 1 heterocycles. The molecule has 1 aromatic rings. The van der Waals surface area contributed by atoms with Crippen LogP contribution in [0.2, 0.25) is 0 Å². The summed E-state index contributed by atoms with van der Waals surface area (Å²) in [7, 11) is 0. The molecule has 0 unspecified atom stereocenters. The van der Waals surface area contributed by atoms with E-state index in [2.05, 4.69) is 23.2 Å². The molecule has 6 rings (SSSR count). The maximum Gasteiger partial charge on any atom is 0.227 e. The quantitative estimate of drug-likeness (QED) is 0.823. The maximum atomic E-state index is 13.3. The molecule has 1 aromatic carbocycles. The Bertz CT molecular complexity index is 751. The van der Waals surface area contributed by atoms with Gasteiger partial charge in [-0.15, -0.1) is 0 Å². The summed E-state index contributed by atoms with van der Waals surface area (Å²) in [6, 6.07) is 8.01. The molecule has 4 aliphatic carbocycles. The predicted octanol–water partition coefficient (Wildman–Crippen LogP) is 4.39. The van der Waals surface area contributed by atoms with Crippen molar-refractivity contribution in [3.8, 4) is 0 Å². The molecular formula is C24H32N2O2. The van der Waals surface area contributed by atoms with Crippen LogP contribution in [0, 0.1) is 23.7 Å². The normalized spacial score (nSPS) is 35.4. The molecule has 28 heavy (non-hydrogen) atoms. The molecule has 1 aliphatic heterocycles. The Morgan fingerprint density at radius 2 is 1.75 bits per heavy atom. The summed E-state index contributed by atoms with van der Waals surface area (Å²) in [5.41, 5.74) is 2.24. The van der Waals surface area contributed by atoms with Crippen LogP contribution in [0.5, 0.6) is 0 Å². The highest BCUT2D eigenvalue weighted by molar-refractivity contribution is 5.96. The van der Waals surface area contributed by atoms with Crippen molar-refractivity contribution in [2.45, 2.75) is 70.3 Å². The van der Waals surface area contributed by atoms with E-state index in [1.807, 2.05) is 18.2 Å².